The first-order valence-electron chi connectivity index (χ1n) is 12.1. The van der Waals surface area contributed by atoms with Gasteiger partial charge in [-0.25, -0.2) is 0 Å². The fourth-order valence-electron chi connectivity index (χ4n) is 5.94. The van der Waals surface area contributed by atoms with E-state index in [0.29, 0.717) is 5.39 Å². The van der Waals surface area contributed by atoms with Crippen molar-refractivity contribution in [1.29, 1.82) is 0 Å². The van der Waals surface area contributed by atoms with Crippen molar-refractivity contribution in [1.82, 2.24) is 9.38 Å². The predicted octanol–water partition coefficient (Wildman–Crippen LogP) is 9.15. The van der Waals surface area contributed by atoms with Crippen molar-refractivity contribution < 1.29 is 13.2 Å². The highest BCUT2D eigenvalue weighted by Crippen LogP contribution is 2.45. The van der Waals surface area contributed by atoms with Crippen molar-refractivity contribution >= 4 is 59.8 Å². The maximum absolute atomic E-state index is 13.7. The maximum Gasteiger partial charge on any atom is 0.416 e. The number of benzene rings is 4. The van der Waals surface area contributed by atoms with Crippen LogP contribution in [0.4, 0.5) is 13.2 Å². The second-order valence-electron chi connectivity index (χ2n) is 11.0. The predicted molar refractivity (Wildman–Crippen MR) is 142 cm³/mol. The van der Waals surface area contributed by atoms with Crippen molar-refractivity contribution in [2.24, 2.45) is 5.41 Å². The van der Waals surface area contributed by atoms with Gasteiger partial charge in [-0.1, -0.05) is 57.2 Å². The highest BCUT2D eigenvalue weighted by atomic mass is 19.4. The zero-order valence-electron chi connectivity index (χ0n) is 20.2. The average molecular weight is 481 g/mol. The standard InChI is InChI=1S/C31H23F3N2/c1-30(2,3)16-24-20-7-5-4-6-18(20)14-23-27-26-17(12-13-35-27)8-10-21-22-15-19(31(32,33)34)9-11-25(22)36(28(23)24)29(21)26/h4-15H,16H2,1-3H3. The highest BCUT2D eigenvalue weighted by molar-refractivity contribution is 6.28. The van der Waals surface area contributed by atoms with Gasteiger partial charge in [-0.05, 0) is 63.9 Å². The minimum Gasteiger partial charge on any atom is -0.308 e. The van der Waals surface area contributed by atoms with Gasteiger partial charge in [0.25, 0.3) is 0 Å². The molecule has 0 fully saturated rings. The van der Waals surface area contributed by atoms with Crippen LogP contribution in [0, 0.1) is 5.41 Å². The van der Waals surface area contributed by atoms with Gasteiger partial charge in [0.2, 0.25) is 0 Å². The first-order valence-corrected chi connectivity index (χ1v) is 12.1. The minimum absolute atomic E-state index is 0.000175. The SMILES string of the molecule is CC(C)(C)Cc1c2ccccc2cc2c3nccc4ccc5c6cc(C(F)(F)F)ccc6n(c12)c5c43. The molecule has 3 aromatic heterocycles. The largest absolute Gasteiger partial charge is 0.416 e. The molecule has 0 saturated heterocycles. The van der Waals surface area contributed by atoms with Gasteiger partial charge in [0.1, 0.15) is 0 Å². The lowest BCUT2D eigenvalue weighted by Crippen LogP contribution is -2.11. The molecular weight excluding hydrogens is 457 g/mol. The van der Waals surface area contributed by atoms with Gasteiger partial charge in [-0.3, -0.25) is 4.98 Å². The van der Waals surface area contributed by atoms with E-state index in [0.717, 1.165) is 55.4 Å². The topological polar surface area (TPSA) is 17.3 Å². The number of hydrogen-bond acceptors (Lipinski definition) is 1. The molecule has 0 aliphatic carbocycles. The Labute approximate surface area is 205 Å². The third kappa shape index (κ3) is 2.89. The van der Waals surface area contributed by atoms with Crippen LogP contribution < -0.4 is 0 Å². The molecule has 36 heavy (non-hydrogen) atoms. The minimum atomic E-state index is -4.40. The molecule has 3 heterocycles. The first kappa shape index (κ1) is 21.4. The van der Waals surface area contributed by atoms with Crippen LogP contribution in [0.2, 0.25) is 0 Å². The molecule has 7 aromatic rings. The summed E-state index contributed by atoms with van der Waals surface area (Å²) in [5.74, 6) is 0. The summed E-state index contributed by atoms with van der Waals surface area (Å²) in [7, 11) is 0. The van der Waals surface area contributed by atoms with Crippen LogP contribution in [0.15, 0.2) is 72.9 Å². The van der Waals surface area contributed by atoms with E-state index in [-0.39, 0.29) is 5.41 Å². The summed E-state index contributed by atoms with van der Waals surface area (Å²) in [6.07, 6.45) is -1.76. The third-order valence-electron chi connectivity index (χ3n) is 7.30. The van der Waals surface area contributed by atoms with Crippen LogP contribution in [-0.2, 0) is 12.6 Å². The van der Waals surface area contributed by atoms with Crippen LogP contribution >= 0.6 is 0 Å². The summed E-state index contributed by atoms with van der Waals surface area (Å²) < 4.78 is 43.3. The number of pyridine rings is 2. The molecule has 5 heteroatoms. The molecule has 0 atom stereocenters. The molecule has 2 nitrogen and oxygen atoms in total. The molecule has 7 rings (SSSR count). The molecule has 178 valence electrons. The Hall–Kier alpha value is -3.86. The summed E-state index contributed by atoms with van der Waals surface area (Å²) in [6, 6.07) is 20.6. The van der Waals surface area contributed by atoms with Gasteiger partial charge in [0.05, 0.1) is 27.6 Å². The van der Waals surface area contributed by atoms with Crippen LogP contribution in [0.5, 0.6) is 0 Å². The highest BCUT2D eigenvalue weighted by Gasteiger charge is 2.32. The van der Waals surface area contributed by atoms with E-state index in [1.165, 1.54) is 23.1 Å². The molecule has 0 spiro atoms. The van der Waals surface area contributed by atoms with Gasteiger partial charge in [-0.15, -0.1) is 0 Å². The van der Waals surface area contributed by atoms with Crippen LogP contribution in [0.3, 0.4) is 0 Å². The summed E-state index contributed by atoms with van der Waals surface area (Å²) in [5, 5.41) is 6.78. The third-order valence-corrected chi connectivity index (χ3v) is 7.30. The summed E-state index contributed by atoms with van der Waals surface area (Å²) in [6.45, 7) is 6.65. The molecule has 0 N–H and O–H groups in total. The fourth-order valence-corrected chi connectivity index (χ4v) is 5.94. The summed E-state index contributed by atoms with van der Waals surface area (Å²) >= 11 is 0. The van der Waals surface area contributed by atoms with Crippen molar-refractivity contribution in [3.05, 3.63) is 84.1 Å². The lowest BCUT2D eigenvalue weighted by Gasteiger charge is -2.23. The lowest BCUT2D eigenvalue weighted by atomic mass is 9.84. The van der Waals surface area contributed by atoms with Crippen molar-refractivity contribution in [2.75, 3.05) is 0 Å². The van der Waals surface area contributed by atoms with E-state index < -0.39 is 11.7 Å². The number of hydrogen-bond donors (Lipinski definition) is 0. The van der Waals surface area contributed by atoms with E-state index in [9.17, 15) is 13.2 Å². The smallest absolute Gasteiger partial charge is 0.308 e. The van der Waals surface area contributed by atoms with Crippen molar-refractivity contribution in [3.8, 4) is 0 Å². The zero-order chi connectivity index (χ0) is 25.0. The Morgan fingerprint density at radius 1 is 0.750 bits per heavy atom. The Balaban J connectivity index is 1.83. The molecule has 0 aliphatic heterocycles. The monoisotopic (exact) mass is 480 g/mol. The number of halogens is 3. The van der Waals surface area contributed by atoms with Crippen molar-refractivity contribution in [2.45, 2.75) is 33.4 Å². The molecular formula is C31H23F3N2. The molecule has 0 aliphatic rings. The van der Waals surface area contributed by atoms with E-state index in [1.807, 2.05) is 30.5 Å². The normalized spacial score (nSPS) is 13.4. The zero-order valence-corrected chi connectivity index (χ0v) is 20.2. The lowest BCUT2D eigenvalue weighted by molar-refractivity contribution is -0.137. The van der Waals surface area contributed by atoms with Crippen LogP contribution in [0.25, 0.3) is 59.8 Å². The van der Waals surface area contributed by atoms with E-state index in [4.69, 9.17) is 4.98 Å². The molecule has 0 unspecified atom stereocenters. The van der Waals surface area contributed by atoms with E-state index in [2.05, 4.69) is 49.4 Å². The Bertz CT molecular complexity index is 1990. The second kappa shape index (κ2) is 6.88. The average Bonchev–Trinajstić information content (AvgIpc) is 3.16. The molecule has 0 amide bonds. The maximum atomic E-state index is 13.7. The number of rotatable bonds is 1. The fraction of sp³-hybridized carbons (Fsp3) is 0.194. The van der Waals surface area contributed by atoms with Gasteiger partial charge >= 0.3 is 6.18 Å². The van der Waals surface area contributed by atoms with Crippen LogP contribution in [-0.4, -0.2) is 9.38 Å². The van der Waals surface area contributed by atoms with Crippen LogP contribution in [0.1, 0.15) is 31.9 Å². The Morgan fingerprint density at radius 3 is 2.33 bits per heavy atom. The summed E-state index contributed by atoms with van der Waals surface area (Å²) in [4.78, 5) is 4.84. The van der Waals surface area contributed by atoms with Gasteiger partial charge in [0.15, 0.2) is 0 Å². The second-order valence-corrected chi connectivity index (χ2v) is 11.0. The van der Waals surface area contributed by atoms with E-state index in [1.54, 1.807) is 6.07 Å². The van der Waals surface area contributed by atoms with Crippen molar-refractivity contribution in [3.63, 3.8) is 0 Å². The molecule has 0 radical (unpaired) electrons. The van der Waals surface area contributed by atoms with E-state index >= 15 is 0 Å². The number of fused-ring (bicyclic) bond motifs is 7. The number of aromatic nitrogens is 2. The Kier molecular flexibility index (Phi) is 4.09. The molecule has 0 saturated carbocycles. The Morgan fingerprint density at radius 2 is 1.56 bits per heavy atom. The number of nitrogens with zero attached hydrogens (tertiary/aromatic N) is 2. The number of alkyl halides is 3. The van der Waals surface area contributed by atoms with Gasteiger partial charge < -0.3 is 4.40 Å². The van der Waals surface area contributed by atoms with Gasteiger partial charge in [0, 0.05) is 27.7 Å². The molecule has 4 aromatic carbocycles. The van der Waals surface area contributed by atoms with Gasteiger partial charge in [-0.2, -0.15) is 13.2 Å². The molecule has 0 bridgehead atoms. The first-order chi connectivity index (χ1) is 17.1. The quantitative estimate of drug-likeness (QED) is 0.169. The summed E-state index contributed by atoms with van der Waals surface area (Å²) in [5.41, 5.74) is 4.20.